The van der Waals surface area contributed by atoms with Crippen LogP contribution in [0, 0.1) is 18.3 Å². The Labute approximate surface area is 111 Å². The van der Waals surface area contributed by atoms with Crippen LogP contribution in [0.25, 0.3) is 0 Å². The van der Waals surface area contributed by atoms with Crippen LogP contribution < -0.4 is 4.74 Å². The molecule has 0 fully saturated rings. The van der Waals surface area contributed by atoms with E-state index in [2.05, 4.69) is 6.07 Å². The first-order valence-corrected chi connectivity index (χ1v) is 5.95. The zero-order chi connectivity index (χ0) is 13.0. The van der Waals surface area contributed by atoms with Gasteiger partial charge in [0.25, 0.3) is 0 Å². The van der Waals surface area contributed by atoms with E-state index in [0.717, 1.165) is 11.1 Å². The van der Waals surface area contributed by atoms with Crippen molar-refractivity contribution in [2.24, 2.45) is 0 Å². The van der Waals surface area contributed by atoms with Gasteiger partial charge in [-0.1, -0.05) is 35.9 Å². The average molecular weight is 258 g/mol. The Balaban J connectivity index is 2.18. The van der Waals surface area contributed by atoms with E-state index >= 15 is 0 Å². The minimum absolute atomic E-state index is 0.432. The molecule has 0 unspecified atom stereocenters. The van der Waals surface area contributed by atoms with Crippen LogP contribution in [0.15, 0.2) is 42.5 Å². The summed E-state index contributed by atoms with van der Waals surface area (Å²) in [6.45, 7) is 2.46. The highest BCUT2D eigenvalue weighted by Gasteiger charge is 2.05. The summed E-state index contributed by atoms with van der Waals surface area (Å²) in [4.78, 5) is 0. The maximum absolute atomic E-state index is 8.99. The molecule has 2 rings (SSSR count). The molecule has 3 heteroatoms. The second-order valence-corrected chi connectivity index (χ2v) is 4.40. The Morgan fingerprint density at radius 2 is 2.00 bits per heavy atom. The molecule has 0 aliphatic rings. The quantitative estimate of drug-likeness (QED) is 0.829. The average Bonchev–Trinajstić information content (AvgIpc) is 2.38. The third-order valence-electron chi connectivity index (χ3n) is 2.71. The van der Waals surface area contributed by atoms with Crippen LogP contribution in [0.5, 0.6) is 5.75 Å². The third kappa shape index (κ3) is 2.82. The number of benzene rings is 2. The van der Waals surface area contributed by atoms with Crippen LogP contribution in [-0.2, 0) is 6.61 Å². The number of ether oxygens (including phenoxy) is 1. The van der Waals surface area contributed by atoms with E-state index in [1.165, 1.54) is 0 Å². The minimum Gasteiger partial charge on any atom is -0.487 e. The minimum atomic E-state index is 0.432. The zero-order valence-corrected chi connectivity index (χ0v) is 10.7. The molecule has 0 bridgehead atoms. The summed E-state index contributed by atoms with van der Waals surface area (Å²) in [5, 5.41) is 9.55. The molecule has 18 heavy (non-hydrogen) atoms. The number of halogens is 1. The van der Waals surface area contributed by atoms with Gasteiger partial charge in [0.15, 0.2) is 0 Å². The van der Waals surface area contributed by atoms with Gasteiger partial charge in [0.1, 0.15) is 18.4 Å². The Bertz CT molecular complexity index is 602. The molecule has 0 aliphatic carbocycles. The third-order valence-corrected chi connectivity index (χ3v) is 2.94. The molecule has 0 aliphatic heterocycles. The van der Waals surface area contributed by atoms with Gasteiger partial charge >= 0.3 is 0 Å². The van der Waals surface area contributed by atoms with Gasteiger partial charge in [-0.3, -0.25) is 0 Å². The predicted octanol–water partition coefficient (Wildman–Crippen LogP) is 4.10. The molecule has 0 amide bonds. The zero-order valence-electron chi connectivity index (χ0n) is 9.98. The lowest BCUT2D eigenvalue weighted by molar-refractivity contribution is 0.304. The maximum Gasteiger partial charge on any atom is 0.139 e. The largest absolute Gasteiger partial charge is 0.487 e. The first kappa shape index (κ1) is 12.5. The van der Waals surface area contributed by atoms with Gasteiger partial charge in [-0.05, 0) is 30.2 Å². The molecule has 2 aromatic carbocycles. The van der Waals surface area contributed by atoms with Crippen molar-refractivity contribution >= 4 is 11.6 Å². The smallest absolute Gasteiger partial charge is 0.139 e. The lowest BCUT2D eigenvalue weighted by Crippen LogP contribution is -1.99. The lowest BCUT2D eigenvalue weighted by Gasteiger charge is -2.10. The second kappa shape index (κ2) is 5.57. The van der Waals surface area contributed by atoms with E-state index in [4.69, 9.17) is 21.6 Å². The van der Waals surface area contributed by atoms with Gasteiger partial charge in [-0.25, -0.2) is 0 Å². The van der Waals surface area contributed by atoms with Gasteiger partial charge < -0.3 is 4.74 Å². The Hall–Kier alpha value is -1.98. The Kier molecular flexibility index (Phi) is 3.86. The normalized spacial score (nSPS) is 9.83. The number of nitriles is 1. The highest BCUT2D eigenvalue weighted by atomic mass is 35.5. The molecule has 0 saturated heterocycles. The highest BCUT2D eigenvalue weighted by molar-refractivity contribution is 6.30. The maximum atomic E-state index is 8.99. The molecule has 0 spiro atoms. The number of hydrogen-bond donors (Lipinski definition) is 0. The van der Waals surface area contributed by atoms with Crippen molar-refractivity contribution in [2.45, 2.75) is 13.5 Å². The number of nitrogens with zero attached hydrogens (tertiary/aromatic N) is 1. The summed E-state index contributed by atoms with van der Waals surface area (Å²) in [6, 6.07) is 15.1. The SMILES string of the molecule is Cc1ccccc1COc1cc(Cl)ccc1C#N. The Morgan fingerprint density at radius 1 is 1.22 bits per heavy atom. The second-order valence-electron chi connectivity index (χ2n) is 3.97. The van der Waals surface area contributed by atoms with Gasteiger partial charge in [0.2, 0.25) is 0 Å². The summed E-state index contributed by atoms with van der Waals surface area (Å²) in [7, 11) is 0. The fourth-order valence-corrected chi connectivity index (χ4v) is 1.80. The van der Waals surface area contributed by atoms with Crippen LogP contribution in [0.2, 0.25) is 5.02 Å². The van der Waals surface area contributed by atoms with Crippen molar-refractivity contribution in [3.63, 3.8) is 0 Å². The highest BCUT2D eigenvalue weighted by Crippen LogP contribution is 2.24. The molecule has 2 aromatic rings. The molecule has 0 N–H and O–H groups in total. The molecule has 90 valence electrons. The summed E-state index contributed by atoms with van der Waals surface area (Å²) in [5.41, 5.74) is 2.76. The summed E-state index contributed by atoms with van der Waals surface area (Å²) in [5.74, 6) is 0.522. The molecule has 2 nitrogen and oxygen atoms in total. The van der Waals surface area contributed by atoms with Crippen molar-refractivity contribution in [1.29, 1.82) is 5.26 Å². The standard InChI is InChI=1S/C15H12ClNO/c1-11-4-2-3-5-13(11)10-18-15-8-14(16)7-6-12(15)9-17/h2-8H,10H2,1H3. The van der Waals surface area contributed by atoms with Crippen molar-refractivity contribution < 1.29 is 4.74 Å². The van der Waals surface area contributed by atoms with E-state index in [1.54, 1.807) is 18.2 Å². The molecule has 0 saturated carbocycles. The van der Waals surface area contributed by atoms with Crippen molar-refractivity contribution in [2.75, 3.05) is 0 Å². The van der Waals surface area contributed by atoms with Crippen molar-refractivity contribution in [3.8, 4) is 11.8 Å². The van der Waals surface area contributed by atoms with Crippen LogP contribution in [0.3, 0.4) is 0 Å². The van der Waals surface area contributed by atoms with Crippen LogP contribution >= 0.6 is 11.6 Å². The number of aryl methyl sites for hydroxylation is 1. The molecule has 0 aromatic heterocycles. The van der Waals surface area contributed by atoms with Crippen molar-refractivity contribution in [3.05, 3.63) is 64.2 Å². The van der Waals surface area contributed by atoms with Crippen LogP contribution in [0.4, 0.5) is 0 Å². The predicted molar refractivity (Wildman–Crippen MR) is 71.7 cm³/mol. The summed E-state index contributed by atoms with van der Waals surface area (Å²) < 4.78 is 5.67. The number of rotatable bonds is 3. The van der Waals surface area contributed by atoms with E-state index in [1.807, 2.05) is 31.2 Å². The molecule has 0 heterocycles. The van der Waals surface area contributed by atoms with Crippen LogP contribution in [0.1, 0.15) is 16.7 Å². The van der Waals surface area contributed by atoms with Gasteiger partial charge in [0, 0.05) is 11.1 Å². The monoisotopic (exact) mass is 257 g/mol. The van der Waals surface area contributed by atoms with E-state index in [-0.39, 0.29) is 0 Å². The van der Waals surface area contributed by atoms with Gasteiger partial charge in [0.05, 0.1) is 5.56 Å². The first-order chi connectivity index (χ1) is 8.70. The molecule has 0 atom stereocenters. The lowest BCUT2D eigenvalue weighted by atomic mass is 10.1. The fourth-order valence-electron chi connectivity index (χ4n) is 1.64. The molecule has 0 radical (unpaired) electrons. The van der Waals surface area contributed by atoms with E-state index < -0.39 is 0 Å². The summed E-state index contributed by atoms with van der Waals surface area (Å²) >= 11 is 5.90. The number of hydrogen-bond acceptors (Lipinski definition) is 2. The molecular weight excluding hydrogens is 246 g/mol. The fraction of sp³-hybridized carbons (Fsp3) is 0.133. The van der Waals surface area contributed by atoms with Crippen LogP contribution in [-0.4, -0.2) is 0 Å². The summed E-state index contributed by atoms with van der Waals surface area (Å²) in [6.07, 6.45) is 0. The van der Waals surface area contributed by atoms with E-state index in [9.17, 15) is 0 Å². The topological polar surface area (TPSA) is 33.0 Å². The van der Waals surface area contributed by atoms with Gasteiger partial charge in [-0.15, -0.1) is 0 Å². The Morgan fingerprint density at radius 3 is 2.72 bits per heavy atom. The van der Waals surface area contributed by atoms with Crippen molar-refractivity contribution in [1.82, 2.24) is 0 Å². The van der Waals surface area contributed by atoms with Gasteiger partial charge in [-0.2, -0.15) is 5.26 Å². The van der Waals surface area contributed by atoms with E-state index in [0.29, 0.717) is 22.9 Å². The molecular formula is C15H12ClNO. The first-order valence-electron chi connectivity index (χ1n) is 5.57.